The number of aromatic hydroxyl groups is 1. The molecule has 1 heterocycles. The number of carbonyl (C=O) groups is 1. The van der Waals surface area contributed by atoms with Crippen LogP contribution in [0.4, 0.5) is 0 Å². The van der Waals surface area contributed by atoms with Crippen molar-refractivity contribution in [3.8, 4) is 23.3 Å². The number of ketones is 1. The van der Waals surface area contributed by atoms with Crippen molar-refractivity contribution in [3.63, 3.8) is 0 Å². The summed E-state index contributed by atoms with van der Waals surface area (Å²) in [5.41, 5.74) is 0.468. The van der Waals surface area contributed by atoms with Gasteiger partial charge in [0.25, 0.3) is 5.56 Å². The third kappa shape index (κ3) is 4.78. The number of methoxy groups -OCH3 is 2. The summed E-state index contributed by atoms with van der Waals surface area (Å²) in [4.78, 5) is 25.5. The first kappa shape index (κ1) is 22.1. The van der Waals surface area contributed by atoms with Gasteiger partial charge in [0.15, 0.2) is 17.3 Å². The number of rotatable bonds is 7. The lowest BCUT2D eigenvalue weighted by Crippen LogP contribution is -2.25. The van der Waals surface area contributed by atoms with E-state index in [0.717, 1.165) is 5.56 Å². The highest BCUT2D eigenvalue weighted by Gasteiger charge is 2.18. The van der Waals surface area contributed by atoms with Gasteiger partial charge in [-0.1, -0.05) is 22.0 Å². The van der Waals surface area contributed by atoms with Gasteiger partial charge in [-0.05, 0) is 48.4 Å². The molecular weight excluding hydrogens is 464 g/mol. The van der Waals surface area contributed by atoms with E-state index in [9.17, 15) is 20.0 Å². The minimum atomic E-state index is -0.491. The molecule has 0 atom stereocenters. The minimum absolute atomic E-state index is 0.0726. The van der Waals surface area contributed by atoms with E-state index in [0.29, 0.717) is 22.4 Å². The molecule has 0 spiro atoms. The molecule has 1 aromatic heterocycles. The summed E-state index contributed by atoms with van der Waals surface area (Å²) in [5, 5.41) is 19.4. The Morgan fingerprint density at radius 2 is 1.87 bits per heavy atom. The molecule has 0 amide bonds. The van der Waals surface area contributed by atoms with Crippen LogP contribution in [-0.4, -0.2) is 29.7 Å². The van der Waals surface area contributed by atoms with E-state index >= 15 is 0 Å². The molecule has 0 unspecified atom stereocenters. The summed E-state index contributed by atoms with van der Waals surface area (Å²) in [6.45, 7) is 0.245. The molecule has 2 aromatic carbocycles. The average molecular weight is 483 g/mol. The molecule has 158 valence electrons. The molecule has 0 aliphatic rings. The topological polar surface area (TPSA) is 102 Å². The Morgan fingerprint density at radius 1 is 1.13 bits per heavy atom. The molecule has 7 nitrogen and oxygen atoms in total. The van der Waals surface area contributed by atoms with Crippen molar-refractivity contribution in [3.05, 3.63) is 85.7 Å². The molecular formula is C23H19BrN2O5. The van der Waals surface area contributed by atoms with Gasteiger partial charge in [-0.25, -0.2) is 0 Å². The molecule has 1 N–H and O–H groups in total. The number of aryl methyl sites for hydroxylation is 2. The number of pyridine rings is 1. The Bertz CT molecular complexity index is 1240. The monoisotopic (exact) mass is 482 g/mol. The predicted octanol–water partition coefficient (Wildman–Crippen LogP) is 3.68. The van der Waals surface area contributed by atoms with Crippen molar-refractivity contribution in [1.29, 1.82) is 5.26 Å². The molecule has 0 saturated heterocycles. The highest BCUT2D eigenvalue weighted by atomic mass is 79.9. The van der Waals surface area contributed by atoms with Gasteiger partial charge < -0.3 is 19.1 Å². The molecule has 31 heavy (non-hydrogen) atoms. The van der Waals surface area contributed by atoms with Gasteiger partial charge in [-0.15, -0.1) is 0 Å². The number of phenols is 1. The number of aromatic nitrogens is 1. The summed E-state index contributed by atoms with van der Waals surface area (Å²) < 4.78 is 12.5. The second-order valence-corrected chi connectivity index (χ2v) is 7.60. The molecule has 0 saturated carbocycles. The van der Waals surface area contributed by atoms with Gasteiger partial charge in [0.05, 0.1) is 19.8 Å². The molecule has 0 aliphatic carbocycles. The number of carbonyl (C=O) groups excluding carboxylic acids is 1. The van der Waals surface area contributed by atoms with Gasteiger partial charge in [0.1, 0.15) is 17.4 Å². The summed E-state index contributed by atoms with van der Waals surface area (Å²) in [6, 6.07) is 13.0. The SMILES string of the molecule is COc1ccc(CCn2cc(C(=O)c3cc(Br)ccc3O)cc(C#N)c2=O)cc1OC. The number of phenolic OH excluding ortho intramolecular Hbond substituents is 1. The highest BCUT2D eigenvalue weighted by Crippen LogP contribution is 2.28. The van der Waals surface area contributed by atoms with E-state index in [2.05, 4.69) is 15.9 Å². The van der Waals surface area contributed by atoms with Crippen LogP contribution in [0.15, 0.2) is 57.9 Å². The van der Waals surface area contributed by atoms with Crippen molar-refractivity contribution in [2.75, 3.05) is 14.2 Å². The first-order valence-electron chi connectivity index (χ1n) is 9.26. The zero-order valence-corrected chi connectivity index (χ0v) is 18.5. The second-order valence-electron chi connectivity index (χ2n) is 6.68. The molecule has 0 aliphatic heterocycles. The standard InChI is InChI=1S/C23H19BrN2O5/c1-30-20-6-3-14(9-21(20)31-2)7-8-26-13-16(10-15(12-25)23(26)29)22(28)18-11-17(24)4-5-19(18)27/h3-6,9-11,13,27H,7-8H2,1-2H3. The first-order chi connectivity index (χ1) is 14.9. The molecule has 0 fully saturated rings. The van der Waals surface area contributed by atoms with E-state index in [-0.39, 0.29) is 29.0 Å². The minimum Gasteiger partial charge on any atom is -0.507 e. The van der Waals surface area contributed by atoms with Crippen molar-refractivity contribution < 1.29 is 19.4 Å². The van der Waals surface area contributed by atoms with Crippen molar-refractivity contribution in [2.24, 2.45) is 0 Å². The van der Waals surface area contributed by atoms with Crippen molar-refractivity contribution in [2.45, 2.75) is 13.0 Å². The van der Waals surface area contributed by atoms with E-state index in [1.54, 1.807) is 19.2 Å². The zero-order chi connectivity index (χ0) is 22.5. The summed E-state index contributed by atoms with van der Waals surface area (Å²) in [7, 11) is 3.09. The van der Waals surface area contributed by atoms with Crippen LogP contribution in [0.5, 0.6) is 17.2 Å². The van der Waals surface area contributed by atoms with Crippen molar-refractivity contribution >= 4 is 21.7 Å². The molecule has 0 bridgehead atoms. The molecule has 8 heteroatoms. The summed E-state index contributed by atoms with van der Waals surface area (Å²) >= 11 is 3.27. The van der Waals surface area contributed by atoms with E-state index < -0.39 is 11.3 Å². The van der Waals surface area contributed by atoms with Crippen LogP contribution in [-0.2, 0) is 13.0 Å². The number of nitrogens with zero attached hydrogens (tertiary/aromatic N) is 2. The fourth-order valence-electron chi connectivity index (χ4n) is 3.14. The second kappa shape index (κ2) is 9.49. The maximum absolute atomic E-state index is 12.9. The first-order valence-corrected chi connectivity index (χ1v) is 10.1. The number of hydrogen-bond acceptors (Lipinski definition) is 6. The highest BCUT2D eigenvalue weighted by molar-refractivity contribution is 9.10. The van der Waals surface area contributed by atoms with Crippen molar-refractivity contribution in [1.82, 2.24) is 4.57 Å². The average Bonchev–Trinajstić information content (AvgIpc) is 2.79. The predicted molar refractivity (Wildman–Crippen MR) is 118 cm³/mol. The largest absolute Gasteiger partial charge is 0.507 e. The van der Waals surface area contributed by atoms with Gasteiger partial charge in [0.2, 0.25) is 0 Å². The lowest BCUT2D eigenvalue weighted by atomic mass is 10.0. The van der Waals surface area contributed by atoms with Crippen LogP contribution in [0.2, 0.25) is 0 Å². The molecule has 0 radical (unpaired) electrons. The van der Waals surface area contributed by atoms with Gasteiger partial charge in [-0.3, -0.25) is 9.59 Å². The Labute approximate surface area is 187 Å². The number of nitriles is 1. The van der Waals surface area contributed by atoms with E-state index in [4.69, 9.17) is 9.47 Å². The fraction of sp³-hybridized carbons (Fsp3) is 0.174. The normalized spacial score (nSPS) is 10.4. The summed E-state index contributed by atoms with van der Waals surface area (Å²) in [5.74, 6) is 0.487. The number of benzene rings is 2. The van der Waals surface area contributed by atoms with Crippen LogP contribution in [0.25, 0.3) is 0 Å². The fourth-order valence-corrected chi connectivity index (χ4v) is 3.50. The maximum Gasteiger partial charge on any atom is 0.268 e. The van der Waals surface area contributed by atoms with E-state index in [1.807, 2.05) is 18.2 Å². The number of hydrogen-bond donors (Lipinski definition) is 1. The smallest absolute Gasteiger partial charge is 0.268 e. The Balaban J connectivity index is 1.95. The van der Waals surface area contributed by atoms with Crippen LogP contribution in [0, 0.1) is 11.3 Å². The Hall–Kier alpha value is -3.57. The van der Waals surface area contributed by atoms with Crippen LogP contribution in [0.3, 0.4) is 0 Å². The van der Waals surface area contributed by atoms with Crippen LogP contribution in [0.1, 0.15) is 27.0 Å². The lowest BCUT2D eigenvalue weighted by molar-refractivity contribution is 0.103. The van der Waals surface area contributed by atoms with Gasteiger partial charge in [-0.2, -0.15) is 5.26 Å². The van der Waals surface area contributed by atoms with Crippen LogP contribution < -0.4 is 15.0 Å². The van der Waals surface area contributed by atoms with Gasteiger partial charge >= 0.3 is 0 Å². The Kier molecular flexibility index (Phi) is 6.78. The lowest BCUT2D eigenvalue weighted by Gasteiger charge is -2.12. The third-order valence-electron chi connectivity index (χ3n) is 4.76. The quantitative estimate of drug-likeness (QED) is 0.515. The summed E-state index contributed by atoms with van der Waals surface area (Å²) in [6.07, 6.45) is 1.87. The number of ether oxygens (including phenoxy) is 2. The Morgan fingerprint density at radius 3 is 2.55 bits per heavy atom. The number of halogens is 1. The van der Waals surface area contributed by atoms with E-state index in [1.165, 1.54) is 36.1 Å². The third-order valence-corrected chi connectivity index (χ3v) is 5.25. The maximum atomic E-state index is 12.9. The molecule has 3 rings (SSSR count). The van der Waals surface area contributed by atoms with Crippen LogP contribution >= 0.6 is 15.9 Å². The zero-order valence-electron chi connectivity index (χ0n) is 16.9. The van der Waals surface area contributed by atoms with Gasteiger partial charge in [0, 0.05) is 22.8 Å². The molecule has 3 aromatic rings.